The van der Waals surface area contributed by atoms with E-state index in [9.17, 15) is 5.11 Å². The van der Waals surface area contributed by atoms with E-state index in [0.29, 0.717) is 11.9 Å². The molecule has 2 N–H and O–H groups in total. The molecule has 0 unspecified atom stereocenters. The Hall–Kier alpha value is -1.73. The highest BCUT2D eigenvalue weighted by molar-refractivity contribution is 6.28. The number of aromatic nitrogens is 5. The van der Waals surface area contributed by atoms with E-state index in [4.69, 9.17) is 11.6 Å². The third-order valence-corrected chi connectivity index (χ3v) is 3.99. The lowest BCUT2D eigenvalue weighted by atomic mass is 9.82. The summed E-state index contributed by atoms with van der Waals surface area (Å²) in [5.41, 5.74) is -0.366. The summed E-state index contributed by atoms with van der Waals surface area (Å²) in [6, 6.07) is 0. The van der Waals surface area contributed by atoms with Gasteiger partial charge in [0.25, 0.3) is 0 Å². The molecule has 1 aliphatic carbocycles. The van der Waals surface area contributed by atoms with Gasteiger partial charge < -0.3 is 10.4 Å². The zero-order valence-corrected chi connectivity index (χ0v) is 12.3. The summed E-state index contributed by atoms with van der Waals surface area (Å²) in [5, 5.41) is 13.1. The Morgan fingerprint density at radius 3 is 2.71 bits per heavy atom. The Balaban J connectivity index is 1.88. The Labute approximate surface area is 127 Å². The van der Waals surface area contributed by atoms with Crippen molar-refractivity contribution < 1.29 is 5.11 Å². The van der Waals surface area contributed by atoms with Gasteiger partial charge in [0.2, 0.25) is 17.2 Å². The van der Waals surface area contributed by atoms with Gasteiger partial charge in [0.1, 0.15) is 6.33 Å². The van der Waals surface area contributed by atoms with Gasteiger partial charge >= 0.3 is 0 Å². The van der Waals surface area contributed by atoms with Crippen molar-refractivity contribution in [2.45, 2.75) is 37.6 Å². The monoisotopic (exact) mass is 308 g/mol. The smallest absolute Gasteiger partial charge is 0.241 e. The molecule has 2 aromatic heterocycles. The van der Waals surface area contributed by atoms with Gasteiger partial charge in [0.05, 0.1) is 12.1 Å². The summed E-state index contributed by atoms with van der Waals surface area (Å²) in [6.07, 6.45) is 10.1. The van der Waals surface area contributed by atoms with Gasteiger partial charge in [-0.15, -0.1) is 0 Å². The molecule has 1 aliphatic rings. The maximum absolute atomic E-state index is 9.74. The van der Waals surface area contributed by atoms with E-state index >= 15 is 0 Å². The third kappa shape index (κ3) is 3.14. The van der Waals surface area contributed by atoms with Crippen molar-refractivity contribution in [3.63, 3.8) is 0 Å². The number of rotatable bonds is 4. The summed E-state index contributed by atoms with van der Waals surface area (Å²) in [6.45, 7) is 0.0523. The van der Waals surface area contributed by atoms with E-state index in [2.05, 4.69) is 25.3 Å². The molecule has 7 nitrogen and oxygen atoms in total. The maximum atomic E-state index is 9.74. The van der Waals surface area contributed by atoms with Crippen molar-refractivity contribution in [2.75, 3.05) is 11.9 Å². The van der Waals surface area contributed by atoms with Crippen molar-refractivity contribution in [3.8, 4) is 5.95 Å². The number of nitrogens with one attached hydrogen (secondary N) is 1. The topological polar surface area (TPSA) is 88.8 Å². The van der Waals surface area contributed by atoms with Crippen molar-refractivity contribution in [1.29, 1.82) is 0 Å². The van der Waals surface area contributed by atoms with Gasteiger partial charge in [0.15, 0.2) is 0 Å². The average Bonchev–Trinajstić information content (AvgIpc) is 3.02. The molecule has 0 atom stereocenters. The molecule has 0 radical (unpaired) electrons. The van der Waals surface area contributed by atoms with E-state index in [-0.39, 0.29) is 17.4 Å². The van der Waals surface area contributed by atoms with E-state index in [1.54, 1.807) is 23.3 Å². The molecule has 1 fully saturated rings. The van der Waals surface area contributed by atoms with Gasteiger partial charge in [-0.2, -0.15) is 15.0 Å². The van der Waals surface area contributed by atoms with Crippen LogP contribution in [0.25, 0.3) is 5.95 Å². The molecule has 0 aliphatic heterocycles. The van der Waals surface area contributed by atoms with Crippen LogP contribution in [0.1, 0.15) is 32.1 Å². The van der Waals surface area contributed by atoms with Crippen LogP contribution in [0.5, 0.6) is 0 Å². The number of halogens is 1. The first-order valence-corrected chi connectivity index (χ1v) is 7.38. The number of aliphatic hydroxyl groups excluding tert-OH is 1. The number of aliphatic hydroxyl groups is 1. The number of hydrogen-bond acceptors (Lipinski definition) is 6. The van der Waals surface area contributed by atoms with Gasteiger partial charge in [-0.05, 0) is 24.4 Å². The van der Waals surface area contributed by atoms with Crippen molar-refractivity contribution in [2.24, 2.45) is 0 Å². The minimum absolute atomic E-state index is 0.0523. The highest BCUT2D eigenvalue weighted by Crippen LogP contribution is 2.30. The molecule has 0 saturated heterocycles. The standard InChI is InChI=1S/C13H17ClN6O/c14-10-16-11(18-12(17-10)20-7-6-15-9-20)19-13(8-21)4-2-1-3-5-13/h6-7,9,21H,1-5,8H2,(H,16,17,18,19). The van der Waals surface area contributed by atoms with E-state index < -0.39 is 0 Å². The molecule has 0 amide bonds. The quantitative estimate of drug-likeness (QED) is 0.895. The predicted molar refractivity (Wildman–Crippen MR) is 78.5 cm³/mol. The first-order valence-electron chi connectivity index (χ1n) is 7.00. The van der Waals surface area contributed by atoms with Crippen LogP contribution in [0, 0.1) is 0 Å². The molecule has 2 aromatic rings. The lowest BCUT2D eigenvalue weighted by Gasteiger charge is -2.36. The van der Waals surface area contributed by atoms with Crippen LogP contribution < -0.4 is 5.32 Å². The third-order valence-electron chi connectivity index (χ3n) is 3.82. The maximum Gasteiger partial charge on any atom is 0.241 e. The Kier molecular flexibility index (Phi) is 4.03. The van der Waals surface area contributed by atoms with Crippen LogP contribution >= 0.6 is 11.6 Å². The fourth-order valence-electron chi connectivity index (χ4n) is 2.68. The summed E-state index contributed by atoms with van der Waals surface area (Å²) >= 11 is 5.97. The van der Waals surface area contributed by atoms with E-state index in [1.165, 1.54) is 6.42 Å². The largest absolute Gasteiger partial charge is 0.394 e. The second kappa shape index (κ2) is 5.95. The summed E-state index contributed by atoms with van der Waals surface area (Å²) in [5.74, 6) is 0.786. The molecular formula is C13H17ClN6O. The average molecular weight is 309 g/mol. The first-order chi connectivity index (χ1) is 10.2. The summed E-state index contributed by atoms with van der Waals surface area (Å²) in [4.78, 5) is 16.5. The van der Waals surface area contributed by atoms with Gasteiger partial charge in [-0.1, -0.05) is 19.3 Å². The van der Waals surface area contributed by atoms with Crippen molar-refractivity contribution >= 4 is 17.5 Å². The van der Waals surface area contributed by atoms with Crippen LogP contribution in [0.3, 0.4) is 0 Å². The second-order valence-corrected chi connectivity index (χ2v) is 5.66. The van der Waals surface area contributed by atoms with Crippen LogP contribution in [-0.2, 0) is 0 Å². The van der Waals surface area contributed by atoms with Gasteiger partial charge in [-0.3, -0.25) is 4.57 Å². The summed E-state index contributed by atoms with van der Waals surface area (Å²) in [7, 11) is 0. The molecular weight excluding hydrogens is 292 g/mol. The molecule has 0 aromatic carbocycles. The number of hydrogen-bond donors (Lipinski definition) is 2. The van der Waals surface area contributed by atoms with Gasteiger partial charge in [0, 0.05) is 12.4 Å². The fourth-order valence-corrected chi connectivity index (χ4v) is 2.83. The zero-order valence-electron chi connectivity index (χ0n) is 11.5. The van der Waals surface area contributed by atoms with Crippen LogP contribution in [0.2, 0.25) is 5.28 Å². The molecule has 0 bridgehead atoms. The Morgan fingerprint density at radius 1 is 1.24 bits per heavy atom. The van der Waals surface area contributed by atoms with Gasteiger partial charge in [-0.25, -0.2) is 4.98 Å². The Morgan fingerprint density at radius 2 is 2.05 bits per heavy atom. The molecule has 1 saturated carbocycles. The molecule has 2 heterocycles. The molecule has 112 valence electrons. The van der Waals surface area contributed by atoms with E-state index in [1.807, 2.05) is 0 Å². The minimum atomic E-state index is -0.366. The number of anilines is 1. The lowest BCUT2D eigenvalue weighted by Crippen LogP contribution is -2.44. The highest BCUT2D eigenvalue weighted by Gasteiger charge is 2.32. The zero-order chi connectivity index (χ0) is 14.7. The SMILES string of the molecule is OCC1(Nc2nc(Cl)nc(-n3ccnc3)n2)CCCCC1. The van der Waals surface area contributed by atoms with Crippen LogP contribution in [0.4, 0.5) is 5.95 Å². The first kappa shape index (κ1) is 14.2. The molecule has 8 heteroatoms. The Bertz CT molecular complexity index is 597. The highest BCUT2D eigenvalue weighted by atomic mass is 35.5. The predicted octanol–water partition coefficient (Wildman–Crippen LogP) is 1.82. The van der Waals surface area contributed by atoms with Crippen molar-refractivity contribution in [1.82, 2.24) is 24.5 Å². The molecule has 0 spiro atoms. The number of imidazole rings is 1. The number of nitrogens with zero attached hydrogens (tertiary/aromatic N) is 5. The van der Waals surface area contributed by atoms with E-state index in [0.717, 1.165) is 25.7 Å². The normalized spacial score (nSPS) is 17.6. The van der Waals surface area contributed by atoms with Crippen LogP contribution in [0.15, 0.2) is 18.7 Å². The van der Waals surface area contributed by atoms with Crippen LogP contribution in [-0.4, -0.2) is 41.8 Å². The minimum Gasteiger partial charge on any atom is -0.394 e. The summed E-state index contributed by atoms with van der Waals surface area (Å²) < 4.78 is 1.66. The fraction of sp³-hybridized carbons (Fsp3) is 0.538. The molecule has 3 rings (SSSR count). The second-order valence-electron chi connectivity index (χ2n) is 5.32. The lowest BCUT2D eigenvalue weighted by molar-refractivity contribution is 0.172. The van der Waals surface area contributed by atoms with Crippen molar-refractivity contribution in [3.05, 3.63) is 24.0 Å². The molecule has 21 heavy (non-hydrogen) atoms.